The number of carbonyl (C=O) groups is 2. The van der Waals surface area contributed by atoms with Crippen molar-refractivity contribution in [3.05, 3.63) is 35.4 Å². The minimum atomic E-state index is -4.44. The number of alkyl carbamates (subject to hydrolysis) is 1. The van der Waals surface area contributed by atoms with Crippen molar-refractivity contribution in [2.75, 3.05) is 13.2 Å². The summed E-state index contributed by atoms with van der Waals surface area (Å²) in [5.41, 5.74) is -0.696. The van der Waals surface area contributed by atoms with Gasteiger partial charge in [-0.25, -0.2) is 4.79 Å². The Morgan fingerprint density at radius 1 is 1.16 bits per heavy atom. The zero-order valence-corrected chi connectivity index (χ0v) is 14.4. The summed E-state index contributed by atoms with van der Waals surface area (Å²) in [5, 5.41) is 5.28. The first-order valence-corrected chi connectivity index (χ1v) is 8.02. The second-order valence-corrected chi connectivity index (χ2v) is 5.98. The summed E-state index contributed by atoms with van der Waals surface area (Å²) in [6.07, 6.45) is -4.40. The van der Waals surface area contributed by atoms with Crippen molar-refractivity contribution in [3.63, 3.8) is 0 Å². The fourth-order valence-corrected chi connectivity index (χ4v) is 2.23. The second-order valence-electron chi connectivity index (χ2n) is 5.98. The van der Waals surface area contributed by atoms with Crippen LogP contribution in [0.3, 0.4) is 0 Å². The number of hydrogen-bond acceptors (Lipinski definition) is 3. The van der Waals surface area contributed by atoms with Crippen LogP contribution < -0.4 is 10.6 Å². The number of halogens is 3. The zero-order chi connectivity index (χ0) is 19.0. The highest BCUT2D eigenvalue weighted by Gasteiger charge is 2.30. The summed E-state index contributed by atoms with van der Waals surface area (Å²) in [5.74, 6) is -0.233. The Balaban J connectivity index is 2.65. The van der Waals surface area contributed by atoms with Gasteiger partial charge in [-0.2, -0.15) is 13.2 Å². The lowest BCUT2D eigenvalue weighted by atomic mass is 10.0. The minimum Gasteiger partial charge on any atom is -0.450 e. The number of hydrogen-bond donors (Lipinski definition) is 2. The van der Waals surface area contributed by atoms with Crippen LogP contribution in [-0.4, -0.2) is 31.2 Å². The Labute approximate surface area is 144 Å². The highest BCUT2D eigenvalue weighted by Crippen LogP contribution is 2.29. The molecule has 0 aliphatic rings. The molecule has 0 saturated heterocycles. The molecule has 1 aromatic rings. The van der Waals surface area contributed by atoms with Gasteiger partial charge in [-0.1, -0.05) is 13.8 Å². The average molecular weight is 360 g/mol. The Bertz CT molecular complexity index is 571. The van der Waals surface area contributed by atoms with Gasteiger partial charge in [0.25, 0.3) is 5.91 Å². The normalized spacial score (nSPS) is 12.6. The van der Waals surface area contributed by atoms with Crippen LogP contribution >= 0.6 is 0 Å². The zero-order valence-electron chi connectivity index (χ0n) is 14.4. The molecular formula is C17H23F3N2O3. The molecular weight excluding hydrogens is 337 g/mol. The maximum Gasteiger partial charge on any atom is 0.416 e. The van der Waals surface area contributed by atoms with E-state index in [1.54, 1.807) is 6.92 Å². The van der Waals surface area contributed by atoms with E-state index >= 15 is 0 Å². The monoisotopic (exact) mass is 360 g/mol. The Morgan fingerprint density at radius 2 is 1.76 bits per heavy atom. The fraction of sp³-hybridized carbons (Fsp3) is 0.529. The molecule has 2 amide bonds. The molecule has 140 valence electrons. The number of ether oxygens (including phenoxy) is 1. The maximum atomic E-state index is 12.5. The molecule has 1 aromatic carbocycles. The van der Waals surface area contributed by atoms with E-state index in [2.05, 4.69) is 10.6 Å². The van der Waals surface area contributed by atoms with Crippen LogP contribution in [0.4, 0.5) is 18.0 Å². The first-order chi connectivity index (χ1) is 11.6. The SMILES string of the molecule is CCOC(=O)NC(CNC(=O)c1ccc(C(F)(F)F)cc1)CC(C)C. The van der Waals surface area contributed by atoms with Crippen molar-refractivity contribution in [2.45, 2.75) is 39.4 Å². The van der Waals surface area contributed by atoms with Gasteiger partial charge in [0.2, 0.25) is 0 Å². The topological polar surface area (TPSA) is 67.4 Å². The van der Waals surface area contributed by atoms with Crippen molar-refractivity contribution in [1.29, 1.82) is 0 Å². The van der Waals surface area contributed by atoms with E-state index in [0.29, 0.717) is 6.42 Å². The highest BCUT2D eigenvalue weighted by atomic mass is 19.4. The molecule has 1 atom stereocenters. The number of benzene rings is 1. The van der Waals surface area contributed by atoms with Gasteiger partial charge >= 0.3 is 12.3 Å². The summed E-state index contributed by atoms with van der Waals surface area (Å²) in [4.78, 5) is 23.6. The van der Waals surface area contributed by atoms with Crippen LogP contribution in [0.1, 0.15) is 43.1 Å². The van der Waals surface area contributed by atoms with Gasteiger partial charge in [0.15, 0.2) is 0 Å². The van der Waals surface area contributed by atoms with Crippen LogP contribution in [0.15, 0.2) is 24.3 Å². The van der Waals surface area contributed by atoms with E-state index in [1.807, 2.05) is 13.8 Å². The van der Waals surface area contributed by atoms with Crippen molar-refractivity contribution in [3.8, 4) is 0 Å². The van der Waals surface area contributed by atoms with Gasteiger partial charge in [-0.3, -0.25) is 4.79 Å². The van der Waals surface area contributed by atoms with E-state index in [1.165, 1.54) is 0 Å². The summed E-state index contributed by atoms with van der Waals surface area (Å²) in [6, 6.07) is 3.62. The average Bonchev–Trinajstić information content (AvgIpc) is 2.51. The van der Waals surface area contributed by atoms with Crippen molar-refractivity contribution in [2.24, 2.45) is 5.92 Å². The van der Waals surface area contributed by atoms with Gasteiger partial charge in [0.05, 0.1) is 12.2 Å². The molecule has 0 aliphatic carbocycles. The van der Waals surface area contributed by atoms with E-state index in [-0.39, 0.29) is 30.7 Å². The van der Waals surface area contributed by atoms with Crippen LogP contribution in [0.5, 0.6) is 0 Å². The predicted molar refractivity (Wildman–Crippen MR) is 87.2 cm³/mol. The molecule has 1 rings (SSSR count). The third-order valence-corrected chi connectivity index (χ3v) is 3.34. The van der Waals surface area contributed by atoms with Crippen LogP contribution in [0, 0.1) is 5.92 Å². The molecule has 25 heavy (non-hydrogen) atoms. The molecule has 0 aromatic heterocycles. The van der Waals surface area contributed by atoms with Gasteiger partial charge in [0, 0.05) is 18.2 Å². The van der Waals surface area contributed by atoms with E-state index in [9.17, 15) is 22.8 Å². The molecule has 2 N–H and O–H groups in total. The number of amides is 2. The molecule has 0 radical (unpaired) electrons. The molecule has 1 unspecified atom stereocenters. The predicted octanol–water partition coefficient (Wildman–Crippen LogP) is 3.60. The lowest BCUT2D eigenvalue weighted by Gasteiger charge is -2.20. The molecule has 0 heterocycles. The van der Waals surface area contributed by atoms with Crippen LogP contribution in [0.25, 0.3) is 0 Å². The maximum absolute atomic E-state index is 12.5. The Hall–Kier alpha value is -2.25. The van der Waals surface area contributed by atoms with Crippen LogP contribution in [0.2, 0.25) is 0 Å². The van der Waals surface area contributed by atoms with Gasteiger partial charge < -0.3 is 15.4 Å². The van der Waals surface area contributed by atoms with Crippen molar-refractivity contribution in [1.82, 2.24) is 10.6 Å². The number of nitrogens with one attached hydrogen (secondary N) is 2. The smallest absolute Gasteiger partial charge is 0.416 e. The van der Waals surface area contributed by atoms with Gasteiger partial charge in [-0.15, -0.1) is 0 Å². The third-order valence-electron chi connectivity index (χ3n) is 3.34. The second kappa shape index (κ2) is 9.29. The Kier molecular flexibility index (Phi) is 7.73. The quantitative estimate of drug-likeness (QED) is 0.781. The van der Waals surface area contributed by atoms with E-state index < -0.39 is 23.7 Å². The lowest BCUT2D eigenvalue weighted by Crippen LogP contribution is -2.44. The van der Waals surface area contributed by atoms with E-state index in [0.717, 1.165) is 24.3 Å². The molecule has 0 aliphatic heterocycles. The summed E-state index contributed by atoms with van der Waals surface area (Å²) >= 11 is 0. The highest BCUT2D eigenvalue weighted by molar-refractivity contribution is 5.94. The minimum absolute atomic E-state index is 0.118. The first kappa shape index (κ1) is 20.8. The molecule has 8 heteroatoms. The van der Waals surface area contributed by atoms with Crippen LogP contribution in [-0.2, 0) is 10.9 Å². The largest absolute Gasteiger partial charge is 0.450 e. The lowest BCUT2D eigenvalue weighted by molar-refractivity contribution is -0.137. The van der Waals surface area contributed by atoms with E-state index in [4.69, 9.17) is 4.74 Å². The van der Waals surface area contributed by atoms with Gasteiger partial charge in [0.1, 0.15) is 0 Å². The fourth-order valence-electron chi connectivity index (χ4n) is 2.23. The molecule has 0 fully saturated rings. The summed E-state index contributed by atoms with van der Waals surface area (Å²) in [7, 11) is 0. The standard InChI is InChI=1S/C17H23F3N2O3/c1-4-25-16(24)22-14(9-11(2)3)10-21-15(23)12-5-7-13(8-6-12)17(18,19)20/h5-8,11,14H,4,9-10H2,1-3H3,(H,21,23)(H,22,24). The number of carbonyl (C=O) groups excluding carboxylic acids is 2. The third kappa shape index (κ3) is 7.45. The summed E-state index contributed by atoms with van der Waals surface area (Å²) < 4.78 is 42.4. The molecule has 5 nitrogen and oxygen atoms in total. The van der Waals surface area contributed by atoms with Crippen molar-refractivity contribution >= 4 is 12.0 Å². The number of rotatable bonds is 7. The molecule has 0 spiro atoms. The number of alkyl halides is 3. The molecule has 0 bridgehead atoms. The molecule has 0 saturated carbocycles. The van der Waals surface area contributed by atoms with Gasteiger partial charge in [-0.05, 0) is 43.5 Å². The Morgan fingerprint density at radius 3 is 2.24 bits per heavy atom. The summed E-state index contributed by atoms with van der Waals surface area (Å²) in [6.45, 7) is 6.01. The van der Waals surface area contributed by atoms with Crippen molar-refractivity contribution < 1.29 is 27.5 Å². The first-order valence-electron chi connectivity index (χ1n) is 8.02.